The Hall–Kier alpha value is -1.52. The molecule has 0 aromatic heterocycles. The van der Waals surface area contributed by atoms with Crippen LogP contribution in [0.5, 0.6) is 0 Å². The normalized spacial score (nSPS) is 30.1. The van der Waals surface area contributed by atoms with Crippen LogP contribution in [0.15, 0.2) is 30.3 Å². The molecule has 2 aliphatic rings. The number of rotatable bonds is 3. The molecule has 3 rings (SSSR count). The van der Waals surface area contributed by atoms with Crippen LogP contribution in [0.25, 0.3) is 0 Å². The zero-order chi connectivity index (χ0) is 13.9. The molecule has 3 unspecified atom stereocenters. The maximum absolute atomic E-state index is 12.3. The summed E-state index contributed by atoms with van der Waals surface area (Å²) in [6.07, 6.45) is 2.40. The number of carbonyl (C=O) groups excluding carboxylic acids is 2. The van der Waals surface area contributed by atoms with Crippen LogP contribution in [-0.4, -0.2) is 30.4 Å². The Labute approximate surface area is 118 Å². The standard InChI is InChI=1S/C16H16O4/c17-13-9-14(20-10-11-5-2-1-3-6-11)15(18)16-12(13)7-4-8-19-16/h1-3,5-6,12,14,16H,4,8-10H2. The topological polar surface area (TPSA) is 52.6 Å². The van der Waals surface area contributed by atoms with Gasteiger partial charge in [0, 0.05) is 13.0 Å². The van der Waals surface area contributed by atoms with Crippen LogP contribution in [0.3, 0.4) is 0 Å². The van der Waals surface area contributed by atoms with Gasteiger partial charge in [0.05, 0.1) is 12.5 Å². The highest BCUT2D eigenvalue weighted by atomic mass is 16.5. The van der Waals surface area contributed by atoms with Crippen LogP contribution < -0.4 is 0 Å². The predicted molar refractivity (Wildman–Crippen MR) is 70.7 cm³/mol. The summed E-state index contributed by atoms with van der Waals surface area (Å²) in [5, 5.41) is 0. The number of Topliss-reactive ketones (excluding diaryl/α,β-unsaturated/α-hetero) is 2. The molecule has 1 heterocycles. The number of fused-ring (bicyclic) bond motifs is 1. The summed E-state index contributed by atoms with van der Waals surface area (Å²) < 4.78 is 11.1. The maximum Gasteiger partial charge on any atom is 0.191 e. The van der Waals surface area contributed by atoms with Crippen molar-refractivity contribution in [2.45, 2.75) is 31.7 Å². The van der Waals surface area contributed by atoms with Crippen molar-refractivity contribution in [2.75, 3.05) is 6.61 Å². The lowest BCUT2D eigenvalue weighted by Gasteiger charge is -2.36. The van der Waals surface area contributed by atoms with Gasteiger partial charge < -0.3 is 9.47 Å². The van der Waals surface area contributed by atoms with Crippen LogP contribution in [0, 0.1) is 12.3 Å². The molecule has 20 heavy (non-hydrogen) atoms. The highest BCUT2D eigenvalue weighted by Gasteiger charge is 2.46. The van der Waals surface area contributed by atoms with E-state index in [0.29, 0.717) is 19.6 Å². The van der Waals surface area contributed by atoms with E-state index in [4.69, 9.17) is 9.47 Å². The zero-order valence-electron chi connectivity index (χ0n) is 11.1. The van der Waals surface area contributed by atoms with E-state index < -0.39 is 18.1 Å². The number of hydrogen-bond donors (Lipinski definition) is 0. The number of benzene rings is 1. The fourth-order valence-corrected chi connectivity index (χ4v) is 2.64. The quantitative estimate of drug-likeness (QED) is 0.838. The first-order chi connectivity index (χ1) is 9.75. The molecule has 1 aliphatic heterocycles. The van der Waals surface area contributed by atoms with E-state index in [0.717, 1.165) is 5.56 Å². The molecule has 1 aromatic carbocycles. The zero-order valence-corrected chi connectivity index (χ0v) is 11.1. The molecule has 0 N–H and O–H groups in total. The van der Waals surface area contributed by atoms with Crippen molar-refractivity contribution < 1.29 is 19.1 Å². The van der Waals surface area contributed by atoms with Gasteiger partial charge in [-0.05, 0) is 18.4 Å². The van der Waals surface area contributed by atoms with E-state index in [9.17, 15) is 9.59 Å². The maximum atomic E-state index is 12.3. The molecule has 2 fully saturated rings. The second-order valence-corrected chi connectivity index (χ2v) is 5.08. The summed E-state index contributed by atoms with van der Waals surface area (Å²) >= 11 is 0. The lowest BCUT2D eigenvalue weighted by molar-refractivity contribution is -0.162. The second-order valence-electron chi connectivity index (χ2n) is 5.08. The first kappa shape index (κ1) is 13.5. The van der Waals surface area contributed by atoms with Crippen molar-refractivity contribution in [2.24, 2.45) is 5.92 Å². The SMILES string of the molecule is O=C1CC(OCc2ccccc2)C(=O)C2OCC[C]C12. The molecule has 0 amide bonds. The lowest BCUT2D eigenvalue weighted by atomic mass is 9.79. The summed E-state index contributed by atoms with van der Waals surface area (Å²) in [6, 6.07) is 9.60. The van der Waals surface area contributed by atoms with Crippen molar-refractivity contribution in [3.63, 3.8) is 0 Å². The first-order valence-electron chi connectivity index (χ1n) is 6.82. The summed E-state index contributed by atoms with van der Waals surface area (Å²) in [5.41, 5.74) is 0.984. The Bertz CT molecular complexity index is 496. The molecule has 2 radical (unpaired) electrons. The number of carbonyl (C=O) groups is 2. The highest BCUT2D eigenvalue weighted by Crippen LogP contribution is 2.30. The van der Waals surface area contributed by atoms with Crippen molar-refractivity contribution in [3.8, 4) is 0 Å². The van der Waals surface area contributed by atoms with Crippen LogP contribution in [-0.2, 0) is 25.7 Å². The van der Waals surface area contributed by atoms with Crippen LogP contribution >= 0.6 is 0 Å². The summed E-state index contributed by atoms with van der Waals surface area (Å²) in [4.78, 5) is 24.3. The Kier molecular flexibility index (Phi) is 3.94. The van der Waals surface area contributed by atoms with E-state index >= 15 is 0 Å². The van der Waals surface area contributed by atoms with Crippen LogP contribution in [0.1, 0.15) is 18.4 Å². The average Bonchev–Trinajstić information content (AvgIpc) is 2.50. The second kappa shape index (κ2) is 5.85. The predicted octanol–water partition coefficient (Wildman–Crippen LogP) is 1.60. The fourth-order valence-electron chi connectivity index (χ4n) is 2.64. The molecule has 0 spiro atoms. The smallest absolute Gasteiger partial charge is 0.191 e. The number of ether oxygens (including phenoxy) is 2. The van der Waals surface area contributed by atoms with Crippen molar-refractivity contribution >= 4 is 11.6 Å². The van der Waals surface area contributed by atoms with Crippen LogP contribution in [0.2, 0.25) is 0 Å². The Balaban J connectivity index is 1.65. The van der Waals surface area contributed by atoms with Gasteiger partial charge in [-0.2, -0.15) is 0 Å². The van der Waals surface area contributed by atoms with Gasteiger partial charge in [0.15, 0.2) is 5.78 Å². The molecule has 1 aliphatic carbocycles. The molecule has 0 bridgehead atoms. The summed E-state index contributed by atoms with van der Waals surface area (Å²) in [6.45, 7) is 0.779. The highest BCUT2D eigenvalue weighted by molar-refractivity contribution is 6.01. The van der Waals surface area contributed by atoms with Gasteiger partial charge in [0.25, 0.3) is 0 Å². The van der Waals surface area contributed by atoms with Gasteiger partial charge in [-0.3, -0.25) is 9.59 Å². The minimum atomic E-state index is -0.691. The third kappa shape index (κ3) is 2.67. The van der Waals surface area contributed by atoms with Gasteiger partial charge in [0.2, 0.25) is 0 Å². The minimum absolute atomic E-state index is 0.00707. The Morgan fingerprint density at radius 2 is 2.05 bits per heavy atom. The number of hydrogen-bond acceptors (Lipinski definition) is 4. The number of ketones is 2. The molecule has 1 saturated heterocycles. The van der Waals surface area contributed by atoms with E-state index in [-0.39, 0.29) is 18.0 Å². The summed E-state index contributed by atoms with van der Waals surface area (Å²) in [7, 11) is 0. The minimum Gasteiger partial charge on any atom is -0.370 e. The Morgan fingerprint density at radius 1 is 1.25 bits per heavy atom. The van der Waals surface area contributed by atoms with Gasteiger partial charge in [0.1, 0.15) is 18.0 Å². The first-order valence-corrected chi connectivity index (χ1v) is 6.82. The fraction of sp³-hybridized carbons (Fsp3) is 0.438. The molecule has 3 atom stereocenters. The van der Waals surface area contributed by atoms with E-state index in [2.05, 4.69) is 6.42 Å². The third-order valence-electron chi connectivity index (χ3n) is 3.69. The van der Waals surface area contributed by atoms with Crippen molar-refractivity contribution in [3.05, 3.63) is 42.3 Å². The molecular formula is C16H16O4. The van der Waals surface area contributed by atoms with Gasteiger partial charge >= 0.3 is 0 Å². The third-order valence-corrected chi connectivity index (χ3v) is 3.69. The Morgan fingerprint density at radius 3 is 2.85 bits per heavy atom. The monoisotopic (exact) mass is 272 g/mol. The molecule has 1 aromatic rings. The average molecular weight is 272 g/mol. The molecule has 4 nitrogen and oxygen atoms in total. The van der Waals surface area contributed by atoms with E-state index in [1.165, 1.54) is 0 Å². The van der Waals surface area contributed by atoms with Gasteiger partial charge in [-0.25, -0.2) is 0 Å². The van der Waals surface area contributed by atoms with E-state index in [1.807, 2.05) is 30.3 Å². The molecular weight excluding hydrogens is 256 g/mol. The molecule has 1 saturated carbocycles. The van der Waals surface area contributed by atoms with Gasteiger partial charge in [-0.1, -0.05) is 30.3 Å². The lowest BCUT2D eigenvalue weighted by Crippen LogP contribution is -2.52. The van der Waals surface area contributed by atoms with Crippen LogP contribution in [0.4, 0.5) is 0 Å². The van der Waals surface area contributed by atoms with E-state index in [1.54, 1.807) is 0 Å². The molecule has 4 heteroatoms. The largest absolute Gasteiger partial charge is 0.370 e. The van der Waals surface area contributed by atoms with Gasteiger partial charge in [-0.15, -0.1) is 0 Å². The molecule has 104 valence electrons. The summed E-state index contributed by atoms with van der Waals surface area (Å²) in [5.74, 6) is -0.627. The van der Waals surface area contributed by atoms with Crippen molar-refractivity contribution in [1.82, 2.24) is 0 Å². The van der Waals surface area contributed by atoms with Crippen molar-refractivity contribution in [1.29, 1.82) is 0 Å².